The molecule has 5 nitrogen and oxygen atoms in total. The van der Waals surface area contributed by atoms with Gasteiger partial charge in [0.2, 0.25) is 11.8 Å². The van der Waals surface area contributed by atoms with E-state index in [4.69, 9.17) is 4.74 Å². The van der Waals surface area contributed by atoms with E-state index in [1.165, 1.54) is 0 Å². The Hall–Kier alpha value is -2.82. The summed E-state index contributed by atoms with van der Waals surface area (Å²) in [6.45, 7) is 6.67. The molecule has 2 amide bonds. The minimum Gasteiger partial charge on any atom is -0.494 e. The molecule has 29 heavy (non-hydrogen) atoms. The maximum atomic E-state index is 13.0. The first kappa shape index (κ1) is 22.5. The summed E-state index contributed by atoms with van der Waals surface area (Å²) in [5.41, 5.74) is 1.01. The van der Waals surface area contributed by atoms with E-state index in [-0.39, 0.29) is 17.9 Å². The van der Waals surface area contributed by atoms with E-state index in [2.05, 4.69) is 5.32 Å². The average Bonchev–Trinajstić information content (AvgIpc) is 2.72. The molecule has 0 unspecified atom stereocenters. The van der Waals surface area contributed by atoms with Gasteiger partial charge >= 0.3 is 0 Å². The van der Waals surface area contributed by atoms with Gasteiger partial charge in [0.15, 0.2) is 0 Å². The van der Waals surface area contributed by atoms with E-state index in [1.54, 1.807) is 4.90 Å². The predicted octanol–water partition coefficient (Wildman–Crippen LogP) is 4.18. The Morgan fingerprint density at radius 3 is 2.21 bits per heavy atom. The topological polar surface area (TPSA) is 58.6 Å². The zero-order valence-electron chi connectivity index (χ0n) is 17.6. The molecule has 0 heterocycles. The number of hydrogen-bond donors (Lipinski definition) is 1. The number of carbonyl (C=O) groups is 2. The summed E-state index contributed by atoms with van der Waals surface area (Å²) in [5, 5.41) is 2.95. The largest absolute Gasteiger partial charge is 0.494 e. The Kier molecular flexibility index (Phi) is 9.22. The fraction of sp³-hybridized carbons (Fsp3) is 0.417. The van der Waals surface area contributed by atoms with Gasteiger partial charge in [0.05, 0.1) is 6.61 Å². The van der Waals surface area contributed by atoms with E-state index in [1.807, 2.05) is 81.4 Å². The van der Waals surface area contributed by atoms with Crippen LogP contribution in [0.2, 0.25) is 0 Å². The van der Waals surface area contributed by atoms with Crippen molar-refractivity contribution in [2.75, 3.05) is 6.61 Å². The summed E-state index contributed by atoms with van der Waals surface area (Å²) in [6, 6.07) is 18.9. The zero-order chi connectivity index (χ0) is 21.1. The highest BCUT2D eigenvalue weighted by atomic mass is 16.5. The van der Waals surface area contributed by atoms with Crippen LogP contribution in [0.3, 0.4) is 0 Å². The van der Waals surface area contributed by atoms with Crippen LogP contribution < -0.4 is 10.1 Å². The van der Waals surface area contributed by atoms with Crippen molar-refractivity contribution >= 4 is 11.8 Å². The van der Waals surface area contributed by atoms with Crippen molar-refractivity contribution in [3.63, 3.8) is 0 Å². The zero-order valence-corrected chi connectivity index (χ0v) is 17.6. The number of rotatable bonds is 11. The molecule has 0 aliphatic carbocycles. The molecule has 1 atom stereocenters. The number of nitrogens with zero attached hydrogens (tertiary/aromatic N) is 1. The van der Waals surface area contributed by atoms with Gasteiger partial charge in [0.1, 0.15) is 11.8 Å². The highest BCUT2D eigenvalue weighted by molar-refractivity contribution is 5.87. The van der Waals surface area contributed by atoms with Crippen LogP contribution in [0.25, 0.3) is 0 Å². The minimum atomic E-state index is -0.486. The lowest BCUT2D eigenvalue weighted by atomic mass is 10.1. The summed E-state index contributed by atoms with van der Waals surface area (Å²) in [5.74, 6) is 0.660. The summed E-state index contributed by atoms with van der Waals surface area (Å²) in [4.78, 5) is 27.4. The standard InChI is InChI=1S/C24H32N2O3/c1-4-22(24(28)25-19(2)3)26(18-20-12-7-5-8-13-20)23(27)16-11-17-29-21-14-9-6-10-15-21/h5-10,12-15,19,22H,4,11,16-18H2,1-3H3,(H,25,28)/t22-/m1/s1. The van der Waals surface area contributed by atoms with E-state index in [0.717, 1.165) is 11.3 Å². The maximum absolute atomic E-state index is 13.0. The second-order valence-corrected chi connectivity index (χ2v) is 7.36. The molecule has 0 saturated carbocycles. The normalized spacial score (nSPS) is 11.7. The molecule has 0 aliphatic rings. The Bertz CT molecular complexity index is 747. The van der Waals surface area contributed by atoms with Gasteiger partial charge < -0.3 is 15.0 Å². The third kappa shape index (κ3) is 7.60. The smallest absolute Gasteiger partial charge is 0.243 e. The van der Waals surface area contributed by atoms with Gasteiger partial charge in [-0.3, -0.25) is 9.59 Å². The molecule has 2 aromatic rings. The summed E-state index contributed by atoms with van der Waals surface area (Å²) >= 11 is 0. The van der Waals surface area contributed by atoms with E-state index >= 15 is 0 Å². The molecule has 156 valence electrons. The number of benzene rings is 2. The number of hydrogen-bond acceptors (Lipinski definition) is 3. The maximum Gasteiger partial charge on any atom is 0.243 e. The van der Waals surface area contributed by atoms with E-state index in [0.29, 0.717) is 32.4 Å². The Balaban J connectivity index is 2.02. The Labute approximate surface area is 174 Å². The van der Waals surface area contributed by atoms with Gasteiger partial charge in [-0.15, -0.1) is 0 Å². The molecule has 0 spiro atoms. The van der Waals surface area contributed by atoms with Crippen molar-refractivity contribution in [3.05, 3.63) is 66.2 Å². The second-order valence-electron chi connectivity index (χ2n) is 7.36. The first-order valence-electron chi connectivity index (χ1n) is 10.3. The number of nitrogens with one attached hydrogen (secondary N) is 1. The molecular weight excluding hydrogens is 364 g/mol. The van der Waals surface area contributed by atoms with Crippen molar-refractivity contribution in [2.45, 2.75) is 58.7 Å². The summed E-state index contributed by atoms with van der Waals surface area (Å²) in [6.07, 6.45) is 1.50. The molecule has 5 heteroatoms. The molecule has 1 N–H and O–H groups in total. The fourth-order valence-corrected chi connectivity index (χ4v) is 3.15. The molecule has 0 aliphatic heterocycles. The third-order valence-corrected chi connectivity index (χ3v) is 4.56. The lowest BCUT2D eigenvalue weighted by Gasteiger charge is -2.31. The van der Waals surface area contributed by atoms with E-state index < -0.39 is 6.04 Å². The van der Waals surface area contributed by atoms with Crippen molar-refractivity contribution in [1.82, 2.24) is 10.2 Å². The van der Waals surface area contributed by atoms with Crippen LogP contribution in [0.15, 0.2) is 60.7 Å². The summed E-state index contributed by atoms with van der Waals surface area (Å²) < 4.78 is 5.69. The molecule has 2 aromatic carbocycles. The Morgan fingerprint density at radius 2 is 1.62 bits per heavy atom. The van der Waals surface area contributed by atoms with Gasteiger partial charge in [-0.1, -0.05) is 55.5 Å². The van der Waals surface area contributed by atoms with Crippen LogP contribution in [0.4, 0.5) is 0 Å². The van der Waals surface area contributed by atoms with Gasteiger partial charge in [-0.05, 0) is 44.4 Å². The number of amides is 2. The number of para-hydroxylation sites is 1. The average molecular weight is 397 g/mol. The Morgan fingerprint density at radius 1 is 1.00 bits per heavy atom. The molecule has 0 radical (unpaired) electrons. The predicted molar refractivity (Wildman–Crippen MR) is 116 cm³/mol. The molecule has 0 aromatic heterocycles. The molecule has 0 bridgehead atoms. The van der Waals surface area contributed by atoms with Crippen LogP contribution >= 0.6 is 0 Å². The van der Waals surface area contributed by atoms with Crippen LogP contribution in [0.5, 0.6) is 5.75 Å². The van der Waals surface area contributed by atoms with Crippen molar-refractivity contribution < 1.29 is 14.3 Å². The van der Waals surface area contributed by atoms with Crippen LogP contribution in [0, 0.1) is 0 Å². The lowest BCUT2D eigenvalue weighted by Crippen LogP contribution is -2.50. The third-order valence-electron chi connectivity index (χ3n) is 4.56. The molecule has 0 saturated heterocycles. The molecule has 0 fully saturated rings. The van der Waals surface area contributed by atoms with Crippen molar-refractivity contribution in [3.8, 4) is 5.75 Å². The van der Waals surface area contributed by atoms with Crippen molar-refractivity contribution in [2.24, 2.45) is 0 Å². The first-order chi connectivity index (χ1) is 14.0. The fourth-order valence-electron chi connectivity index (χ4n) is 3.15. The second kappa shape index (κ2) is 11.9. The molecule has 2 rings (SSSR count). The summed E-state index contributed by atoms with van der Waals surface area (Å²) in [7, 11) is 0. The van der Waals surface area contributed by atoms with Gasteiger partial charge in [0.25, 0.3) is 0 Å². The number of carbonyl (C=O) groups excluding carboxylic acids is 2. The highest BCUT2D eigenvalue weighted by Crippen LogP contribution is 2.15. The minimum absolute atomic E-state index is 0.0312. The SMILES string of the molecule is CC[C@H](C(=O)NC(C)C)N(Cc1ccccc1)C(=O)CCCOc1ccccc1. The quantitative estimate of drug-likeness (QED) is 0.580. The van der Waals surface area contributed by atoms with Gasteiger partial charge in [-0.25, -0.2) is 0 Å². The lowest BCUT2D eigenvalue weighted by molar-refractivity contribution is -0.141. The molecular formula is C24H32N2O3. The monoisotopic (exact) mass is 396 g/mol. The van der Waals surface area contributed by atoms with Gasteiger partial charge in [-0.2, -0.15) is 0 Å². The number of ether oxygens (including phenoxy) is 1. The van der Waals surface area contributed by atoms with Gasteiger partial charge in [0, 0.05) is 19.0 Å². The first-order valence-corrected chi connectivity index (χ1v) is 10.3. The van der Waals surface area contributed by atoms with Crippen LogP contribution in [0.1, 0.15) is 45.6 Å². The highest BCUT2D eigenvalue weighted by Gasteiger charge is 2.28. The van der Waals surface area contributed by atoms with Crippen LogP contribution in [-0.4, -0.2) is 35.4 Å². The van der Waals surface area contributed by atoms with Crippen molar-refractivity contribution in [1.29, 1.82) is 0 Å². The van der Waals surface area contributed by atoms with Crippen LogP contribution in [-0.2, 0) is 16.1 Å². The van der Waals surface area contributed by atoms with E-state index in [9.17, 15) is 9.59 Å².